The van der Waals surface area contributed by atoms with Crippen LogP contribution in [-0.4, -0.2) is 96.0 Å². The summed E-state index contributed by atoms with van der Waals surface area (Å²) in [5.74, 6) is 2.28. The van der Waals surface area contributed by atoms with Crippen molar-refractivity contribution in [2.24, 2.45) is 5.73 Å². The number of carbonyl (C=O) groups is 1. The van der Waals surface area contributed by atoms with Crippen molar-refractivity contribution >= 4 is 23.4 Å². The number of nitrogens with two attached hydrogens (primary N) is 1. The van der Waals surface area contributed by atoms with Crippen molar-refractivity contribution in [1.29, 1.82) is 5.41 Å². The van der Waals surface area contributed by atoms with Gasteiger partial charge in [0.1, 0.15) is 0 Å². The van der Waals surface area contributed by atoms with E-state index in [1.807, 2.05) is 30.0 Å². The van der Waals surface area contributed by atoms with Gasteiger partial charge in [-0.2, -0.15) is 4.98 Å². The fraction of sp³-hybridized carbons (Fsp3) is 0.571. The van der Waals surface area contributed by atoms with Crippen molar-refractivity contribution in [2.45, 2.75) is 44.1 Å². The van der Waals surface area contributed by atoms with Crippen LogP contribution in [0.15, 0.2) is 29.2 Å². The van der Waals surface area contributed by atoms with Gasteiger partial charge < -0.3 is 35.8 Å². The Hall–Kier alpha value is -3.64. The van der Waals surface area contributed by atoms with E-state index in [9.17, 15) is 9.59 Å². The smallest absolute Gasteiger partial charge is 0.350 e. The maximum absolute atomic E-state index is 13.0. The summed E-state index contributed by atoms with van der Waals surface area (Å²) >= 11 is 0. The van der Waals surface area contributed by atoms with Crippen LogP contribution in [0.5, 0.6) is 11.5 Å². The van der Waals surface area contributed by atoms with Gasteiger partial charge in [0.15, 0.2) is 23.3 Å². The quantitative estimate of drug-likeness (QED) is 0.187. The Kier molecular flexibility index (Phi) is 8.55. The molecule has 3 aliphatic heterocycles. The van der Waals surface area contributed by atoms with E-state index in [1.165, 1.54) is 5.56 Å². The average molecular weight is 552 g/mol. The molecule has 12 heteroatoms. The van der Waals surface area contributed by atoms with E-state index in [0.29, 0.717) is 30.6 Å². The third-order valence-electron chi connectivity index (χ3n) is 8.08. The molecule has 12 nitrogen and oxygen atoms in total. The number of likely N-dealkylation sites (N-methyl/N-ethyl adjacent to an activating group) is 1. The van der Waals surface area contributed by atoms with Crippen LogP contribution in [0.25, 0.3) is 0 Å². The second-order valence-electron chi connectivity index (χ2n) is 11.3. The normalized spacial score (nSPS) is 18.0. The van der Waals surface area contributed by atoms with Gasteiger partial charge >= 0.3 is 5.69 Å². The van der Waals surface area contributed by atoms with Crippen LogP contribution in [0.1, 0.15) is 49.6 Å². The molecule has 1 amide bonds. The van der Waals surface area contributed by atoms with E-state index in [-0.39, 0.29) is 23.6 Å². The number of nitrogens with one attached hydrogen (secondary N) is 3. The fourth-order valence-corrected chi connectivity index (χ4v) is 5.89. The van der Waals surface area contributed by atoms with Crippen LogP contribution >= 0.6 is 0 Å². The summed E-state index contributed by atoms with van der Waals surface area (Å²) in [6.45, 7) is 5.40. The number of likely N-dealkylation sites (tertiary alicyclic amines) is 2. The monoisotopic (exact) mass is 551 g/mol. The number of carbonyl (C=O) groups excluding carboxylic acids is 1. The van der Waals surface area contributed by atoms with Crippen LogP contribution < -0.4 is 26.8 Å². The van der Waals surface area contributed by atoms with Crippen molar-refractivity contribution in [3.05, 3.63) is 40.4 Å². The van der Waals surface area contributed by atoms with E-state index < -0.39 is 0 Å². The second kappa shape index (κ2) is 12.3. The molecule has 5 N–H and O–H groups in total. The summed E-state index contributed by atoms with van der Waals surface area (Å²) in [5.41, 5.74) is 7.09. The van der Waals surface area contributed by atoms with Gasteiger partial charge in [-0.25, -0.2) is 4.79 Å². The number of hydrogen-bond donors (Lipinski definition) is 4. The lowest BCUT2D eigenvalue weighted by atomic mass is 9.89. The number of anilines is 2. The molecule has 0 unspecified atom stereocenters. The number of nitrogens with zero attached hydrogens (tertiary/aromatic N) is 5. The summed E-state index contributed by atoms with van der Waals surface area (Å²) < 4.78 is 7.93. The van der Waals surface area contributed by atoms with E-state index >= 15 is 0 Å². The number of rotatable bonds is 8. The Balaban J connectivity index is 1.18. The number of ether oxygens (including phenoxy) is 1. The van der Waals surface area contributed by atoms with E-state index in [2.05, 4.69) is 32.7 Å². The van der Waals surface area contributed by atoms with Crippen LogP contribution in [0.3, 0.4) is 0 Å². The van der Waals surface area contributed by atoms with Gasteiger partial charge in [-0.15, -0.1) is 0 Å². The van der Waals surface area contributed by atoms with Gasteiger partial charge in [-0.1, -0.05) is 6.07 Å². The molecule has 3 aliphatic rings. The zero-order valence-corrected chi connectivity index (χ0v) is 23.5. The molecule has 1 aromatic heterocycles. The molecule has 2 fully saturated rings. The highest BCUT2D eigenvalue weighted by Gasteiger charge is 2.28. The zero-order chi connectivity index (χ0) is 28.2. The average Bonchev–Trinajstić information content (AvgIpc) is 2.94. The number of piperidine rings is 2. The van der Waals surface area contributed by atoms with Crippen molar-refractivity contribution < 1.29 is 9.53 Å². The first kappa shape index (κ1) is 27.9. The lowest BCUT2D eigenvalue weighted by molar-refractivity contribution is -0.132. The molecule has 0 saturated carbocycles. The molecule has 0 bridgehead atoms. The Labute approximate surface area is 235 Å². The first-order valence-electron chi connectivity index (χ1n) is 14.2. The zero-order valence-electron chi connectivity index (χ0n) is 23.5. The lowest BCUT2D eigenvalue weighted by Gasteiger charge is -2.34. The summed E-state index contributed by atoms with van der Waals surface area (Å²) in [5, 5.41) is 13.4. The first-order valence-corrected chi connectivity index (χ1v) is 14.2. The number of fused-ring (bicyclic) bond motifs is 2. The van der Waals surface area contributed by atoms with E-state index in [0.717, 1.165) is 76.3 Å². The highest BCUT2D eigenvalue weighted by Crippen LogP contribution is 2.42. The molecule has 4 heterocycles. The van der Waals surface area contributed by atoms with E-state index in [4.69, 9.17) is 15.9 Å². The lowest BCUT2D eigenvalue weighted by Crippen LogP contribution is -2.42. The predicted octanol–water partition coefficient (Wildman–Crippen LogP) is 1.87. The van der Waals surface area contributed by atoms with Gasteiger partial charge in [0.25, 0.3) is 0 Å². The van der Waals surface area contributed by atoms with Crippen LogP contribution in [0.4, 0.5) is 11.5 Å². The summed E-state index contributed by atoms with van der Waals surface area (Å²) in [6, 6.07) is 6.27. The van der Waals surface area contributed by atoms with Gasteiger partial charge in [-0.3, -0.25) is 14.8 Å². The molecule has 40 heavy (non-hydrogen) atoms. The van der Waals surface area contributed by atoms with Crippen molar-refractivity contribution in [3.63, 3.8) is 0 Å². The third-order valence-corrected chi connectivity index (χ3v) is 8.08. The van der Waals surface area contributed by atoms with Gasteiger partial charge in [0, 0.05) is 38.8 Å². The molecule has 2 aromatic rings. The Bertz CT molecular complexity index is 1280. The Morgan fingerprint density at radius 1 is 1.18 bits per heavy atom. The summed E-state index contributed by atoms with van der Waals surface area (Å²) in [4.78, 5) is 36.0. The van der Waals surface area contributed by atoms with Gasteiger partial charge in [0.2, 0.25) is 5.91 Å². The number of aromatic nitrogens is 2. The summed E-state index contributed by atoms with van der Waals surface area (Å²) in [7, 11) is 3.83. The third kappa shape index (κ3) is 6.56. The highest BCUT2D eigenvalue weighted by molar-refractivity contribution is 5.78. The fourth-order valence-electron chi connectivity index (χ4n) is 5.89. The van der Waals surface area contributed by atoms with Crippen LogP contribution in [-0.2, 0) is 4.79 Å². The molecule has 216 valence electrons. The maximum Gasteiger partial charge on any atom is 0.350 e. The Morgan fingerprint density at radius 3 is 2.62 bits per heavy atom. The molecule has 0 atom stereocenters. The molecular weight excluding hydrogens is 510 g/mol. The maximum atomic E-state index is 13.0. The molecule has 0 radical (unpaired) electrons. The van der Waals surface area contributed by atoms with Crippen LogP contribution in [0, 0.1) is 5.41 Å². The van der Waals surface area contributed by atoms with Gasteiger partial charge in [0.05, 0.1) is 18.4 Å². The minimum Gasteiger partial charge on any atom is -0.450 e. The molecule has 0 aliphatic carbocycles. The van der Waals surface area contributed by atoms with Crippen molar-refractivity contribution in [1.82, 2.24) is 29.6 Å². The molecule has 5 rings (SSSR count). The number of amides is 1. The molecule has 1 aromatic carbocycles. The molecular formula is C28H41N9O3. The SMILES string of the molecule is CN(C)CC(=O)N1CCC(c2ccc3c(c2)Nc2nc(=O)n(C4CCN(CCCNC(=N)N)CC4)cc2O3)CC1. The van der Waals surface area contributed by atoms with Crippen LogP contribution in [0.2, 0.25) is 0 Å². The number of hydrogen-bond acceptors (Lipinski definition) is 8. The largest absolute Gasteiger partial charge is 0.450 e. The summed E-state index contributed by atoms with van der Waals surface area (Å²) in [6.07, 6.45) is 6.30. The molecule has 0 spiro atoms. The minimum atomic E-state index is -0.270. The first-order chi connectivity index (χ1) is 19.3. The Morgan fingerprint density at radius 2 is 1.93 bits per heavy atom. The topological polar surface area (TPSA) is 145 Å². The number of benzene rings is 1. The van der Waals surface area contributed by atoms with E-state index in [1.54, 1.807) is 10.8 Å². The molecule has 2 saturated heterocycles. The predicted molar refractivity (Wildman–Crippen MR) is 155 cm³/mol. The standard InChI is InChI=1S/C28H41N9O3/c1-34(2)18-25(38)36-14-6-19(7-15-36)20-4-5-23-22(16-20)32-26-24(40-23)17-37(28(39)33-26)21-8-12-35(13-9-21)11-3-10-31-27(29)30/h4-5,16-17,19,21H,3,6-15,18H2,1-2H3,(H4,29,30,31)(H,32,33,39). The second-order valence-corrected chi connectivity index (χ2v) is 11.3. The van der Waals surface area contributed by atoms with Gasteiger partial charge in [-0.05, 0) is 76.4 Å². The minimum absolute atomic E-state index is 0.00318. The van der Waals surface area contributed by atoms with Crippen molar-refractivity contribution in [3.8, 4) is 11.5 Å². The number of guanidine groups is 1. The van der Waals surface area contributed by atoms with Crippen molar-refractivity contribution in [2.75, 3.05) is 65.2 Å². The highest BCUT2D eigenvalue weighted by atomic mass is 16.5.